The number of nitrogens with one attached hydrogen (secondary N) is 1. The SMILES string of the molecule is Cc1ccc(NC(=O)Cn2nc(C(C)C)c3cnn(-c4ccc(F)cc4)c3c2=O)cc1Cl. The summed E-state index contributed by atoms with van der Waals surface area (Å²) in [5, 5.41) is 12.6. The van der Waals surface area contributed by atoms with Gasteiger partial charge in [0.1, 0.15) is 17.9 Å². The van der Waals surface area contributed by atoms with Crippen LogP contribution >= 0.6 is 11.6 Å². The van der Waals surface area contributed by atoms with Crippen LogP contribution in [0.3, 0.4) is 0 Å². The van der Waals surface area contributed by atoms with E-state index in [1.807, 2.05) is 20.8 Å². The largest absolute Gasteiger partial charge is 0.324 e. The second kappa shape index (κ2) is 8.55. The zero-order valence-corrected chi connectivity index (χ0v) is 18.5. The summed E-state index contributed by atoms with van der Waals surface area (Å²) in [6, 6.07) is 10.9. The third-order valence-electron chi connectivity index (χ3n) is 5.08. The molecule has 32 heavy (non-hydrogen) atoms. The number of nitrogens with zero attached hydrogens (tertiary/aromatic N) is 4. The highest BCUT2D eigenvalue weighted by Crippen LogP contribution is 2.23. The maximum atomic E-state index is 13.4. The summed E-state index contributed by atoms with van der Waals surface area (Å²) in [7, 11) is 0. The second-order valence-electron chi connectivity index (χ2n) is 7.81. The van der Waals surface area contributed by atoms with Gasteiger partial charge in [-0.25, -0.2) is 13.8 Å². The normalized spacial score (nSPS) is 11.3. The monoisotopic (exact) mass is 453 g/mol. The Labute approximate surface area is 188 Å². The molecule has 1 amide bonds. The molecule has 0 aliphatic carbocycles. The Balaban J connectivity index is 1.75. The Kier molecular flexibility index (Phi) is 5.80. The second-order valence-corrected chi connectivity index (χ2v) is 8.22. The predicted octanol–water partition coefficient (Wildman–Crippen LogP) is 4.45. The fourth-order valence-corrected chi connectivity index (χ4v) is 3.59. The number of halogens is 2. The van der Waals surface area contributed by atoms with E-state index >= 15 is 0 Å². The van der Waals surface area contributed by atoms with Crippen molar-refractivity contribution < 1.29 is 9.18 Å². The number of hydrogen-bond donors (Lipinski definition) is 1. The van der Waals surface area contributed by atoms with Gasteiger partial charge < -0.3 is 5.32 Å². The van der Waals surface area contributed by atoms with Crippen LogP contribution in [0.5, 0.6) is 0 Å². The summed E-state index contributed by atoms with van der Waals surface area (Å²) in [6.07, 6.45) is 1.57. The number of carbonyl (C=O) groups excluding carboxylic acids is 1. The molecule has 7 nitrogen and oxygen atoms in total. The number of aryl methyl sites for hydroxylation is 1. The highest BCUT2D eigenvalue weighted by Gasteiger charge is 2.20. The molecule has 0 unspecified atom stereocenters. The minimum Gasteiger partial charge on any atom is -0.324 e. The zero-order chi connectivity index (χ0) is 23.0. The molecule has 0 saturated carbocycles. The first-order chi connectivity index (χ1) is 15.2. The lowest BCUT2D eigenvalue weighted by atomic mass is 10.1. The van der Waals surface area contributed by atoms with E-state index < -0.39 is 11.5 Å². The van der Waals surface area contributed by atoms with Crippen LogP contribution in [0.2, 0.25) is 5.02 Å². The first-order valence-corrected chi connectivity index (χ1v) is 10.4. The van der Waals surface area contributed by atoms with Crippen molar-refractivity contribution in [1.29, 1.82) is 0 Å². The van der Waals surface area contributed by atoms with Crippen molar-refractivity contribution in [2.45, 2.75) is 33.2 Å². The number of hydrogen-bond acceptors (Lipinski definition) is 4. The summed E-state index contributed by atoms with van der Waals surface area (Å²) in [5.41, 5.74) is 2.40. The molecule has 2 heterocycles. The van der Waals surface area contributed by atoms with Gasteiger partial charge in [0.05, 0.1) is 17.6 Å². The van der Waals surface area contributed by atoms with Gasteiger partial charge in [0, 0.05) is 16.1 Å². The molecule has 9 heteroatoms. The first kappa shape index (κ1) is 21.7. The van der Waals surface area contributed by atoms with Gasteiger partial charge in [-0.2, -0.15) is 10.2 Å². The summed E-state index contributed by atoms with van der Waals surface area (Å²) < 4.78 is 15.9. The molecule has 0 aliphatic rings. The average Bonchev–Trinajstić information content (AvgIpc) is 3.18. The van der Waals surface area contributed by atoms with E-state index in [1.54, 1.807) is 24.4 Å². The third-order valence-corrected chi connectivity index (χ3v) is 5.48. The number of amides is 1. The topological polar surface area (TPSA) is 81.8 Å². The molecule has 4 aromatic rings. The van der Waals surface area contributed by atoms with E-state index in [-0.39, 0.29) is 23.8 Å². The van der Waals surface area contributed by atoms with Gasteiger partial charge in [0.2, 0.25) is 5.91 Å². The van der Waals surface area contributed by atoms with Gasteiger partial charge in [0.25, 0.3) is 5.56 Å². The molecule has 0 spiro atoms. The summed E-state index contributed by atoms with van der Waals surface area (Å²) >= 11 is 6.12. The predicted molar refractivity (Wildman–Crippen MR) is 122 cm³/mol. The van der Waals surface area contributed by atoms with Gasteiger partial charge >= 0.3 is 0 Å². The van der Waals surface area contributed by atoms with Crippen LogP contribution in [0, 0.1) is 12.7 Å². The van der Waals surface area contributed by atoms with Crippen molar-refractivity contribution in [1.82, 2.24) is 19.6 Å². The number of anilines is 1. The molecule has 2 aromatic carbocycles. The molecule has 164 valence electrons. The highest BCUT2D eigenvalue weighted by molar-refractivity contribution is 6.31. The van der Waals surface area contributed by atoms with E-state index in [0.717, 1.165) is 10.2 Å². The number of carbonyl (C=O) groups is 1. The Morgan fingerprint density at radius 1 is 1.19 bits per heavy atom. The molecule has 4 rings (SSSR count). The van der Waals surface area contributed by atoms with Crippen LogP contribution in [0.25, 0.3) is 16.6 Å². The van der Waals surface area contributed by atoms with Crippen molar-refractivity contribution in [3.8, 4) is 5.69 Å². The van der Waals surface area contributed by atoms with Crippen molar-refractivity contribution in [3.05, 3.63) is 81.1 Å². The summed E-state index contributed by atoms with van der Waals surface area (Å²) in [4.78, 5) is 25.9. The van der Waals surface area contributed by atoms with E-state index in [4.69, 9.17) is 11.6 Å². The average molecular weight is 454 g/mol. The summed E-state index contributed by atoms with van der Waals surface area (Å²) in [6.45, 7) is 5.47. The lowest BCUT2D eigenvalue weighted by Crippen LogP contribution is -2.31. The fraction of sp³-hybridized carbons (Fsp3) is 0.217. The van der Waals surface area contributed by atoms with Crippen LogP contribution < -0.4 is 10.9 Å². The Morgan fingerprint density at radius 3 is 2.56 bits per heavy atom. The van der Waals surface area contributed by atoms with Crippen molar-refractivity contribution in [3.63, 3.8) is 0 Å². The Bertz CT molecular complexity index is 1380. The number of rotatable bonds is 5. The van der Waals surface area contributed by atoms with Crippen LogP contribution in [-0.4, -0.2) is 25.5 Å². The number of aromatic nitrogens is 4. The maximum Gasteiger partial charge on any atom is 0.293 e. The molecule has 0 fully saturated rings. The lowest BCUT2D eigenvalue weighted by molar-refractivity contribution is -0.117. The smallest absolute Gasteiger partial charge is 0.293 e. The molecule has 0 bridgehead atoms. The fourth-order valence-electron chi connectivity index (χ4n) is 3.41. The minimum atomic E-state index is -0.469. The quantitative estimate of drug-likeness (QED) is 0.484. The molecular weight excluding hydrogens is 433 g/mol. The van der Waals surface area contributed by atoms with E-state index in [9.17, 15) is 14.0 Å². The molecule has 2 aromatic heterocycles. The van der Waals surface area contributed by atoms with Crippen molar-refractivity contribution >= 4 is 34.1 Å². The van der Waals surface area contributed by atoms with Gasteiger partial charge in [0.15, 0.2) is 0 Å². The number of benzene rings is 2. The highest BCUT2D eigenvalue weighted by atomic mass is 35.5. The molecule has 0 aliphatic heterocycles. The van der Waals surface area contributed by atoms with Gasteiger partial charge in [-0.1, -0.05) is 31.5 Å². The van der Waals surface area contributed by atoms with Crippen molar-refractivity contribution in [2.24, 2.45) is 0 Å². The molecule has 0 saturated heterocycles. The molecule has 0 radical (unpaired) electrons. The van der Waals surface area contributed by atoms with Crippen LogP contribution in [0.15, 0.2) is 53.5 Å². The third kappa shape index (κ3) is 4.13. The van der Waals surface area contributed by atoms with E-state index in [0.29, 0.717) is 27.5 Å². The molecule has 1 N–H and O–H groups in total. The van der Waals surface area contributed by atoms with Gasteiger partial charge in [-0.05, 0) is 54.8 Å². The van der Waals surface area contributed by atoms with Crippen LogP contribution in [0.1, 0.15) is 31.0 Å². The van der Waals surface area contributed by atoms with Crippen LogP contribution in [0.4, 0.5) is 10.1 Å². The first-order valence-electron chi connectivity index (χ1n) is 10.1. The Hall–Kier alpha value is -3.52. The van der Waals surface area contributed by atoms with Gasteiger partial charge in [-0.3, -0.25) is 9.59 Å². The van der Waals surface area contributed by atoms with Crippen molar-refractivity contribution in [2.75, 3.05) is 5.32 Å². The minimum absolute atomic E-state index is 0.0193. The maximum absolute atomic E-state index is 13.4. The zero-order valence-electron chi connectivity index (χ0n) is 17.8. The summed E-state index contributed by atoms with van der Waals surface area (Å²) in [5.74, 6) is -0.823. The standard InChI is InChI=1S/C23H21ClFN5O2/c1-13(2)21-18-11-26-30(17-8-5-15(25)6-9-17)22(18)23(32)29(28-21)12-20(31)27-16-7-4-14(3)19(24)10-16/h4-11,13H,12H2,1-3H3,(H,27,31). The number of fused-ring (bicyclic) bond motifs is 1. The van der Waals surface area contributed by atoms with E-state index in [2.05, 4.69) is 15.5 Å². The molecular formula is C23H21ClFN5O2. The van der Waals surface area contributed by atoms with Crippen LogP contribution in [-0.2, 0) is 11.3 Å². The van der Waals surface area contributed by atoms with E-state index in [1.165, 1.54) is 28.9 Å². The molecule has 0 atom stereocenters. The van der Waals surface area contributed by atoms with Gasteiger partial charge in [-0.15, -0.1) is 0 Å². The lowest BCUT2D eigenvalue weighted by Gasteiger charge is -2.12. The Morgan fingerprint density at radius 2 is 1.91 bits per heavy atom.